The summed E-state index contributed by atoms with van der Waals surface area (Å²) in [5, 5.41) is 23.5. The second kappa shape index (κ2) is 76.8. The molecule has 6 heteroatoms. The highest BCUT2D eigenvalue weighted by atomic mass is 16.5. The van der Waals surface area contributed by atoms with Crippen LogP contribution >= 0.6 is 0 Å². The van der Waals surface area contributed by atoms with Crippen LogP contribution in [0, 0.1) is 0 Å². The van der Waals surface area contributed by atoms with Crippen LogP contribution in [0.4, 0.5) is 0 Å². The Morgan fingerprint density at radius 2 is 0.575 bits per heavy atom. The van der Waals surface area contributed by atoms with Crippen molar-refractivity contribution in [2.24, 2.45) is 0 Å². The largest absolute Gasteiger partial charge is 0.466 e. The minimum Gasteiger partial charge on any atom is -0.466 e. The van der Waals surface area contributed by atoms with Crippen LogP contribution in [0.5, 0.6) is 0 Å². The highest BCUT2D eigenvalue weighted by molar-refractivity contribution is 5.76. The lowest BCUT2D eigenvalue weighted by Crippen LogP contribution is -2.45. The molecule has 1 amide bonds. The van der Waals surface area contributed by atoms with Crippen molar-refractivity contribution < 1.29 is 24.5 Å². The van der Waals surface area contributed by atoms with Gasteiger partial charge in [-0.15, -0.1) is 0 Å². The lowest BCUT2D eigenvalue weighted by molar-refractivity contribution is -0.143. The third-order valence-corrected chi connectivity index (χ3v) is 19.0. The van der Waals surface area contributed by atoms with Crippen molar-refractivity contribution in [3.05, 3.63) is 24.3 Å². The summed E-state index contributed by atoms with van der Waals surface area (Å²) in [6, 6.07) is -0.540. The second-order valence-electron chi connectivity index (χ2n) is 27.8. The van der Waals surface area contributed by atoms with Crippen LogP contribution in [0.2, 0.25) is 0 Å². The van der Waals surface area contributed by atoms with Crippen LogP contribution in [0.15, 0.2) is 24.3 Å². The number of nitrogens with one attached hydrogen (secondary N) is 1. The first-order chi connectivity index (χ1) is 43.0. The van der Waals surface area contributed by atoms with Crippen molar-refractivity contribution in [1.29, 1.82) is 0 Å². The van der Waals surface area contributed by atoms with Gasteiger partial charge in [0.1, 0.15) is 0 Å². The summed E-state index contributed by atoms with van der Waals surface area (Å²) in [4.78, 5) is 24.7. The van der Waals surface area contributed by atoms with Gasteiger partial charge in [0.15, 0.2) is 0 Å². The normalized spacial score (nSPS) is 12.6. The van der Waals surface area contributed by atoms with E-state index in [0.717, 1.165) is 51.4 Å². The average molecular weight is 1230 g/mol. The lowest BCUT2D eigenvalue weighted by atomic mass is 10.0. The molecule has 0 heterocycles. The molecule has 0 spiro atoms. The molecule has 0 fully saturated rings. The Balaban J connectivity index is 3.34. The maximum absolute atomic E-state index is 12.6. The van der Waals surface area contributed by atoms with Gasteiger partial charge in [0, 0.05) is 12.8 Å². The molecule has 0 saturated carbocycles. The van der Waals surface area contributed by atoms with Crippen molar-refractivity contribution in [2.45, 2.75) is 469 Å². The fourth-order valence-electron chi connectivity index (χ4n) is 12.9. The standard InChI is InChI=1S/C81H157NO5/c1-3-5-7-9-11-13-15-17-19-21-22-23-24-30-33-36-39-42-45-49-53-57-61-65-69-73-79(84)78(77-83)82-80(85)74-70-66-62-58-54-50-46-43-40-37-34-31-28-26-25-27-29-32-35-38-41-44-48-52-56-60-64-68-72-76-87-81(86)75-71-67-63-59-55-51-47-20-18-16-14-12-10-8-6-4-2/h14,16,20,47,78-79,83-84H,3-13,15,17-19,21-46,48-77H2,1-2H3,(H,82,85)/b16-14-,47-20-. The molecule has 0 aliphatic rings. The number of carbonyl (C=O) groups excluding carboxylic acids is 2. The maximum Gasteiger partial charge on any atom is 0.305 e. The number of amides is 1. The zero-order valence-electron chi connectivity index (χ0n) is 59.3. The number of hydrogen-bond donors (Lipinski definition) is 3. The Kier molecular flexibility index (Phi) is 75.3. The average Bonchev–Trinajstić information content (AvgIpc) is 3.52. The number of aliphatic hydroxyl groups excluding tert-OH is 2. The molecule has 0 aromatic rings. The number of rotatable bonds is 76. The van der Waals surface area contributed by atoms with E-state index in [1.807, 2.05) is 0 Å². The highest BCUT2D eigenvalue weighted by Gasteiger charge is 2.20. The van der Waals surface area contributed by atoms with Gasteiger partial charge in [0.2, 0.25) is 5.91 Å². The molecule has 0 radical (unpaired) electrons. The Hall–Kier alpha value is -1.66. The third-order valence-electron chi connectivity index (χ3n) is 19.0. The predicted octanol–water partition coefficient (Wildman–Crippen LogP) is 26.4. The van der Waals surface area contributed by atoms with E-state index in [0.29, 0.717) is 25.9 Å². The maximum atomic E-state index is 12.6. The molecule has 0 aromatic heterocycles. The van der Waals surface area contributed by atoms with Crippen molar-refractivity contribution in [3.8, 4) is 0 Å². The van der Waals surface area contributed by atoms with E-state index in [1.165, 1.54) is 372 Å². The molecule has 3 N–H and O–H groups in total. The van der Waals surface area contributed by atoms with Gasteiger partial charge < -0.3 is 20.3 Å². The molecule has 0 bridgehead atoms. The number of unbranched alkanes of at least 4 members (excludes halogenated alkanes) is 61. The second-order valence-corrected chi connectivity index (χ2v) is 27.8. The van der Waals surface area contributed by atoms with Crippen LogP contribution in [0.3, 0.4) is 0 Å². The lowest BCUT2D eigenvalue weighted by Gasteiger charge is -2.22. The molecule has 87 heavy (non-hydrogen) atoms. The van der Waals surface area contributed by atoms with Crippen molar-refractivity contribution >= 4 is 11.9 Å². The van der Waals surface area contributed by atoms with Gasteiger partial charge in [0.05, 0.1) is 25.4 Å². The minimum atomic E-state index is -0.663. The molecule has 0 rings (SSSR count). The zero-order valence-corrected chi connectivity index (χ0v) is 59.3. The van der Waals surface area contributed by atoms with E-state index in [4.69, 9.17) is 4.74 Å². The Labute approximate surface area is 545 Å². The number of allylic oxidation sites excluding steroid dienone is 4. The first-order valence-electron chi connectivity index (χ1n) is 40.1. The molecule has 516 valence electrons. The summed E-state index contributed by atoms with van der Waals surface area (Å²) in [5.74, 6) is -0.0184. The van der Waals surface area contributed by atoms with Gasteiger partial charge in [-0.2, -0.15) is 0 Å². The van der Waals surface area contributed by atoms with Gasteiger partial charge in [0.25, 0.3) is 0 Å². The van der Waals surface area contributed by atoms with Gasteiger partial charge in [-0.1, -0.05) is 411 Å². The summed E-state index contributed by atoms with van der Waals surface area (Å²) < 4.78 is 5.50. The van der Waals surface area contributed by atoms with Crippen molar-refractivity contribution in [1.82, 2.24) is 5.32 Å². The van der Waals surface area contributed by atoms with Crippen LogP contribution < -0.4 is 5.32 Å². The third kappa shape index (κ3) is 73.3. The van der Waals surface area contributed by atoms with Crippen molar-refractivity contribution in [3.63, 3.8) is 0 Å². The zero-order chi connectivity index (χ0) is 62.8. The topological polar surface area (TPSA) is 95.9 Å². The molecule has 2 unspecified atom stereocenters. The fourth-order valence-corrected chi connectivity index (χ4v) is 12.9. The Morgan fingerprint density at radius 3 is 0.885 bits per heavy atom. The van der Waals surface area contributed by atoms with E-state index in [9.17, 15) is 19.8 Å². The van der Waals surface area contributed by atoms with Crippen LogP contribution in [-0.4, -0.2) is 47.4 Å². The number of ether oxygens (including phenoxy) is 1. The molecule has 0 aromatic carbocycles. The summed E-state index contributed by atoms with van der Waals surface area (Å²) in [6.45, 7) is 4.98. The summed E-state index contributed by atoms with van der Waals surface area (Å²) >= 11 is 0. The van der Waals surface area contributed by atoms with E-state index < -0.39 is 12.1 Å². The van der Waals surface area contributed by atoms with Crippen LogP contribution in [0.25, 0.3) is 0 Å². The molecule has 0 aliphatic heterocycles. The number of hydrogen-bond acceptors (Lipinski definition) is 5. The summed E-state index contributed by atoms with van der Waals surface area (Å²) in [7, 11) is 0. The number of aliphatic hydroxyl groups is 2. The molecule has 0 saturated heterocycles. The van der Waals surface area contributed by atoms with E-state index >= 15 is 0 Å². The quantitative estimate of drug-likeness (QED) is 0.0320. The molecular formula is C81H157NO5. The highest BCUT2D eigenvalue weighted by Crippen LogP contribution is 2.20. The monoisotopic (exact) mass is 1220 g/mol. The van der Waals surface area contributed by atoms with Crippen LogP contribution in [-0.2, 0) is 14.3 Å². The van der Waals surface area contributed by atoms with Gasteiger partial charge in [-0.05, 0) is 57.8 Å². The van der Waals surface area contributed by atoms with Crippen molar-refractivity contribution in [2.75, 3.05) is 13.2 Å². The molecule has 0 aliphatic carbocycles. The smallest absolute Gasteiger partial charge is 0.305 e. The molecule has 6 nitrogen and oxygen atoms in total. The Bertz CT molecular complexity index is 1360. The first kappa shape index (κ1) is 85.3. The summed E-state index contributed by atoms with van der Waals surface area (Å²) in [6.07, 6.45) is 98.4. The van der Waals surface area contributed by atoms with Gasteiger partial charge in [-0.3, -0.25) is 9.59 Å². The fraction of sp³-hybridized carbons (Fsp3) is 0.926. The number of esters is 1. The predicted molar refractivity (Wildman–Crippen MR) is 384 cm³/mol. The minimum absolute atomic E-state index is 0.00713. The molecule has 2 atom stereocenters. The van der Waals surface area contributed by atoms with E-state index in [-0.39, 0.29) is 18.5 Å². The van der Waals surface area contributed by atoms with Gasteiger partial charge in [-0.25, -0.2) is 0 Å². The summed E-state index contributed by atoms with van der Waals surface area (Å²) in [5.41, 5.74) is 0. The van der Waals surface area contributed by atoms with Crippen LogP contribution in [0.1, 0.15) is 457 Å². The van der Waals surface area contributed by atoms with Gasteiger partial charge >= 0.3 is 5.97 Å². The molecular weight excluding hydrogens is 1070 g/mol. The van der Waals surface area contributed by atoms with E-state index in [1.54, 1.807) is 0 Å². The number of carbonyl (C=O) groups is 2. The Morgan fingerprint density at radius 1 is 0.322 bits per heavy atom. The first-order valence-corrected chi connectivity index (χ1v) is 40.1. The van der Waals surface area contributed by atoms with E-state index in [2.05, 4.69) is 43.5 Å². The SMILES string of the molecule is CCCCCC/C=C\C/C=C\CCCCCCCC(=O)OCCCCCCCCCCCCCCCCCCCCCCCCCCCCCCCC(=O)NC(CO)C(O)CCCCCCCCCCCCCCCCCCCCCCCCCCC.